The van der Waals surface area contributed by atoms with Crippen LogP contribution < -0.4 is 0 Å². The summed E-state index contributed by atoms with van der Waals surface area (Å²) in [6, 6.07) is 14.5. The Kier molecular flexibility index (Phi) is 6.81. The van der Waals surface area contributed by atoms with Crippen molar-refractivity contribution >= 4 is 52.0 Å². The minimum Gasteiger partial charge on any atom is -0.507 e. The van der Waals surface area contributed by atoms with Gasteiger partial charge in [-0.15, -0.1) is 0 Å². The molecule has 2 amide bonds. The van der Waals surface area contributed by atoms with Crippen molar-refractivity contribution in [2.24, 2.45) is 10.2 Å². The average molecular weight is 496 g/mol. The minimum absolute atomic E-state index is 0.0596. The van der Waals surface area contributed by atoms with Crippen LogP contribution in [0.15, 0.2) is 69.7 Å². The maximum Gasteiger partial charge on any atom is 0.293 e. The van der Waals surface area contributed by atoms with Gasteiger partial charge in [-0.05, 0) is 85.3 Å². The van der Waals surface area contributed by atoms with Crippen molar-refractivity contribution < 1.29 is 19.1 Å². The van der Waals surface area contributed by atoms with Gasteiger partial charge in [0, 0.05) is 16.1 Å². The lowest BCUT2D eigenvalue weighted by molar-refractivity contribution is -0.123. The molecule has 9 heteroatoms. The van der Waals surface area contributed by atoms with E-state index in [9.17, 15) is 19.1 Å². The predicted molar refractivity (Wildman–Crippen MR) is 131 cm³/mol. The Morgan fingerprint density at radius 1 is 1.03 bits per heavy atom. The first-order valence-corrected chi connectivity index (χ1v) is 11.4. The van der Waals surface area contributed by atoms with Crippen molar-refractivity contribution in [2.45, 2.75) is 20.4 Å². The summed E-state index contributed by atoms with van der Waals surface area (Å²) in [5.41, 5.74) is 3.74. The van der Waals surface area contributed by atoms with Crippen LogP contribution in [0.3, 0.4) is 0 Å². The molecule has 1 saturated heterocycles. The molecule has 6 nitrogen and oxygen atoms in total. The quantitative estimate of drug-likeness (QED) is 0.294. The van der Waals surface area contributed by atoms with E-state index in [1.165, 1.54) is 30.3 Å². The van der Waals surface area contributed by atoms with Crippen LogP contribution in [0.1, 0.15) is 22.3 Å². The summed E-state index contributed by atoms with van der Waals surface area (Å²) < 4.78 is 14.1. The number of carbonyl (C=O) groups excluding carboxylic acids is 2. The van der Waals surface area contributed by atoms with Crippen LogP contribution in [0.5, 0.6) is 5.75 Å². The number of rotatable bonds is 5. The van der Waals surface area contributed by atoms with Crippen LogP contribution in [0, 0.1) is 19.7 Å². The highest BCUT2D eigenvalue weighted by atomic mass is 35.5. The molecule has 0 spiro atoms. The second kappa shape index (κ2) is 9.79. The molecule has 1 aliphatic rings. The van der Waals surface area contributed by atoms with E-state index < -0.39 is 17.0 Å². The highest BCUT2D eigenvalue weighted by Crippen LogP contribution is 2.36. The maximum absolute atomic E-state index is 14.1. The van der Waals surface area contributed by atoms with E-state index in [4.69, 9.17) is 11.6 Å². The smallest absolute Gasteiger partial charge is 0.293 e. The molecular weight excluding hydrogens is 477 g/mol. The third-order valence-electron chi connectivity index (χ3n) is 5.32. The molecule has 0 atom stereocenters. The number of thioether (sulfide) groups is 1. The molecule has 172 valence electrons. The number of aromatic hydroxyl groups is 1. The number of phenols is 1. The fourth-order valence-corrected chi connectivity index (χ4v) is 4.29. The van der Waals surface area contributed by atoms with Crippen LogP contribution in [0.2, 0.25) is 5.02 Å². The van der Waals surface area contributed by atoms with Gasteiger partial charge in [0.15, 0.2) is 0 Å². The molecule has 1 aliphatic heterocycles. The summed E-state index contributed by atoms with van der Waals surface area (Å²) in [7, 11) is 0. The zero-order chi connectivity index (χ0) is 24.4. The second-order valence-corrected chi connectivity index (χ2v) is 9.08. The summed E-state index contributed by atoms with van der Waals surface area (Å²) in [6.45, 7) is 3.71. The molecule has 0 radical (unpaired) electrons. The summed E-state index contributed by atoms with van der Waals surface area (Å²) in [5.74, 6) is -1.29. The Balaban J connectivity index is 1.57. The van der Waals surface area contributed by atoms with Gasteiger partial charge < -0.3 is 5.11 Å². The maximum atomic E-state index is 14.1. The fraction of sp³-hybridized carbons (Fsp3) is 0.120. The third kappa shape index (κ3) is 5.03. The first-order valence-electron chi connectivity index (χ1n) is 10.2. The van der Waals surface area contributed by atoms with Gasteiger partial charge in [0.05, 0.1) is 22.8 Å². The van der Waals surface area contributed by atoms with Gasteiger partial charge in [0.1, 0.15) is 11.6 Å². The zero-order valence-corrected chi connectivity index (χ0v) is 19.8. The lowest BCUT2D eigenvalue weighted by atomic mass is 10.1. The predicted octanol–water partition coefficient (Wildman–Crippen LogP) is 7.45. The number of phenolic OH excluding ortho intramolecular Hbond substituents is 1. The standard InChI is InChI=1S/C25H19ClFN3O3S/c1-14-6-7-17(10-15(14)2)28-29-18-8-9-22(31)16(11-18)12-23-24(32)30(25(33)34-23)13-19-20(26)4-3-5-21(19)27/h3-12,31H,13H2,1-2H3/b23-12-,29-28?. The Hall–Kier alpha value is -3.49. The van der Waals surface area contributed by atoms with Gasteiger partial charge in [-0.2, -0.15) is 10.2 Å². The van der Waals surface area contributed by atoms with Crippen molar-refractivity contribution in [3.63, 3.8) is 0 Å². The van der Waals surface area contributed by atoms with Crippen LogP contribution in [-0.4, -0.2) is 21.2 Å². The van der Waals surface area contributed by atoms with Crippen LogP contribution in [0.25, 0.3) is 6.08 Å². The molecule has 3 aromatic rings. The number of imide groups is 1. The molecule has 0 saturated carbocycles. The SMILES string of the molecule is Cc1ccc(N=Nc2ccc(O)c(/C=C3\SC(=O)N(Cc4c(F)cccc4Cl)C3=O)c2)cc1C. The molecule has 0 aliphatic carbocycles. The van der Waals surface area contributed by atoms with E-state index in [0.717, 1.165) is 16.0 Å². The van der Waals surface area contributed by atoms with Crippen LogP contribution in [0.4, 0.5) is 20.6 Å². The number of carbonyl (C=O) groups is 2. The van der Waals surface area contributed by atoms with Gasteiger partial charge >= 0.3 is 0 Å². The summed E-state index contributed by atoms with van der Waals surface area (Å²) in [5, 5.41) is 18.3. The molecule has 1 N–H and O–H groups in total. The highest BCUT2D eigenvalue weighted by molar-refractivity contribution is 8.18. The number of halogens is 2. The number of nitrogens with zero attached hydrogens (tertiary/aromatic N) is 3. The topological polar surface area (TPSA) is 82.3 Å². The van der Waals surface area contributed by atoms with Gasteiger partial charge in [-0.1, -0.05) is 23.7 Å². The normalized spacial score (nSPS) is 15.2. The number of aryl methyl sites for hydroxylation is 2. The van der Waals surface area contributed by atoms with Crippen molar-refractivity contribution in [3.05, 3.63) is 92.6 Å². The van der Waals surface area contributed by atoms with Crippen molar-refractivity contribution in [1.29, 1.82) is 0 Å². The molecule has 0 aromatic heterocycles. The van der Waals surface area contributed by atoms with E-state index >= 15 is 0 Å². The van der Waals surface area contributed by atoms with E-state index in [0.29, 0.717) is 28.7 Å². The average Bonchev–Trinajstić information content (AvgIpc) is 3.06. The molecule has 3 aromatic carbocycles. The Labute approximate surface area is 204 Å². The first-order chi connectivity index (χ1) is 16.2. The molecule has 4 rings (SSSR count). The fourth-order valence-electron chi connectivity index (χ4n) is 3.24. The lowest BCUT2D eigenvalue weighted by Gasteiger charge is -2.14. The monoisotopic (exact) mass is 495 g/mol. The Morgan fingerprint density at radius 2 is 1.74 bits per heavy atom. The zero-order valence-electron chi connectivity index (χ0n) is 18.3. The molecule has 34 heavy (non-hydrogen) atoms. The highest BCUT2D eigenvalue weighted by Gasteiger charge is 2.36. The Bertz CT molecular complexity index is 1350. The van der Waals surface area contributed by atoms with E-state index in [1.54, 1.807) is 12.1 Å². The van der Waals surface area contributed by atoms with Crippen LogP contribution >= 0.6 is 23.4 Å². The summed E-state index contributed by atoms with van der Waals surface area (Å²) in [4.78, 5) is 26.3. The van der Waals surface area contributed by atoms with Gasteiger partial charge in [0.2, 0.25) is 0 Å². The van der Waals surface area contributed by atoms with E-state index in [2.05, 4.69) is 10.2 Å². The Morgan fingerprint density at radius 3 is 2.44 bits per heavy atom. The number of amides is 2. The number of hydrogen-bond donors (Lipinski definition) is 1. The molecular formula is C25H19ClFN3O3S. The van der Waals surface area contributed by atoms with E-state index in [1.807, 2.05) is 32.0 Å². The molecule has 0 unspecified atom stereocenters. The molecule has 0 bridgehead atoms. The molecule has 1 fully saturated rings. The summed E-state index contributed by atoms with van der Waals surface area (Å²) in [6.07, 6.45) is 1.40. The molecule has 1 heterocycles. The van der Waals surface area contributed by atoms with Crippen molar-refractivity contribution in [1.82, 2.24) is 4.90 Å². The van der Waals surface area contributed by atoms with Gasteiger partial charge in [0.25, 0.3) is 11.1 Å². The largest absolute Gasteiger partial charge is 0.507 e. The van der Waals surface area contributed by atoms with E-state index in [-0.39, 0.29) is 27.8 Å². The van der Waals surface area contributed by atoms with Crippen LogP contribution in [-0.2, 0) is 11.3 Å². The van der Waals surface area contributed by atoms with Crippen molar-refractivity contribution in [3.8, 4) is 5.75 Å². The second-order valence-electron chi connectivity index (χ2n) is 7.68. The van der Waals surface area contributed by atoms with Crippen molar-refractivity contribution in [2.75, 3.05) is 0 Å². The lowest BCUT2D eigenvalue weighted by Crippen LogP contribution is -2.28. The first kappa shape index (κ1) is 23.7. The minimum atomic E-state index is -0.602. The number of benzene rings is 3. The third-order valence-corrected chi connectivity index (χ3v) is 6.58. The summed E-state index contributed by atoms with van der Waals surface area (Å²) >= 11 is 6.74. The van der Waals surface area contributed by atoms with Gasteiger partial charge in [-0.3, -0.25) is 14.5 Å². The van der Waals surface area contributed by atoms with Gasteiger partial charge in [-0.25, -0.2) is 4.39 Å². The number of hydrogen-bond acceptors (Lipinski definition) is 6. The number of azo groups is 1.